The van der Waals surface area contributed by atoms with Gasteiger partial charge in [0.05, 0.1) is 55.4 Å². The van der Waals surface area contributed by atoms with Crippen LogP contribution in [-0.4, -0.2) is 270 Å². The van der Waals surface area contributed by atoms with E-state index in [1.54, 1.807) is 0 Å². The molecule has 0 amide bonds. The van der Waals surface area contributed by atoms with Gasteiger partial charge in [0.1, 0.15) is 104 Å². The highest BCUT2D eigenvalue weighted by atomic mass is 32.3. The van der Waals surface area contributed by atoms with Gasteiger partial charge >= 0.3 is 10.4 Å². The van der Waals surface area contributed by atoms with Crippen molar-refractivity contribution >= 4 is 10.4 Å². The number of ether oxygens (including phenoxy) is 11. The lowest BCUT2D eigenvalue weighted by Gasteiger charge is -2.60. The molecule has 6 heterocycles. The molecule has 85 heavy (non-hydrogen) atoms. The van der Waals surface area contributed by atoms with E-state index in [0.717, 1.165) is 19.3 Å². The molecule has 0 aromatic heterocycles. The molecule has 4 aliphatic carbocycles. The summed E-state index contributed by atoms with van der Waals surface area (Å²) in [5.74, 6) is -0.228. The van der Waals surface area contributed by atoms with Crippen molar-refractivity contribution in [2.24, 2.45) is 40.4 Å². The van der Waals surface area contributed by atoms with Gasteiger partial charge in [-0.15, -0.1) is 0 Å². The zero-order chi connectivity index (χ0) is 61.9. The Hall–Kier alpha value is -1.35. The summed E-state index contributed by atoms with van der Waals surface area (Å²) < 4.78 is 107. The molecule has 0 aromatic rings. The molecule has 35 atom stereocenters. The van der Waals surface area contributed by atoms with Gasteiger partial charge in [-0.1, -0.05) is 39.3 Å². The maximum atomic E-state index is 12.4. The number of aliphatic hydroxyl groups excluding tert-OH is 12. The number of aliphatic hydroxyl groups is 13. The van der Waals surface area contributed by atoms with Crippen LogP contribution >= 0.6 is 0 Å². The van der Waals surface area contributed by atoms with Crippen molar-refractivity contribution in [2.45, 2.75) is 284 Å². The van der Waals surface area contributed by atoms with E-state index in [1.165, 1.54) is 26.3 Å². The molecular weight excluding hydrogens is 1150 g/mol. The maximum Gasteiger partial charge on any atom is 0.397 e. The molecule has 0 aromatic carbocycles. The predicted molar refractivity (Wildman–Crippen MR) is 285 cm³/mol. The Morgan fingerprint density at radius 1 is 0.612 bits per heavy atom. The molecule has 3 saturated carbocycles. The van der Waals surface area contributed by atoms with Crippen molar-refractivity contribution in [2.75, 3.05) is 13.2 Å². The van der Waals surface area contributed by atoms with Crippen LogP contribution in [0.3, 0.4) is 0 Å². The summed E-state index contributed by atoms with van der Waals surface area (Å²) in [7, 11) is -4.87. The van der Waals surface area contributed by atoms with Crippen molar-refractivity contribution in [3.63, 3.8) is 0 Å². The van der Waals surface area contributed by atoms with Crippen molar-refractivity contribution < 1.29 is 136 Å². The summed E-state index contributed by atoms with van der Waals surface area (Å²) in [5, 5.41) is 146. The first-order chi connectivity index (χ1) is 39.8. The number of epoxide rings is 1. The van der Waals surface area contributed by atoms with Gasteiger partial charge in [0, 0.05) is 0 Å². The SMILES string of the molecule is CC(C)C[C@@H]1OC1[C@](C)(O)[C@H]1CCC2C3C[C@H](OC4OC(C)C(O)C(OC5OCC(OC6OC(CO)C(O)C(O)C6OC6OC(C)C(O)C(O)C6O)C(O)C5OC5OC(C)C(O)C(O)C5O)C4O)C4C[C@@H](OS(=O)(=O)O)CC[C@]4(C)C3=CC[C@@]21C. The average Bonchev–Trinajstić information content (AvgIpc) is 1.72. The molecule has 9 fully saturated rings. The Morgan fingerprint density at radius 2 is 1.18 bits per heavy atom. The summed E-state index contributed by atoms with van der Waals surface area (Å²) in [5.41, 5.74) is -0.895. The summed E-state index contributed by atoms with van der Waals surface area (Å²) in [6.45, 7) is 13.2. The Morgan fingerprint density at radius 3 is 1.76 bits per heavy atom. The first kappa shape index (κ1) is 66.6. The fourth-order valence-corrected chi connectivity index (χ4v) is 16.7. The Kier molecular flexibility index (Phi) is 19.8. The van der Waals surface area contributed by atoms with Gasteiger partial charge in [-0.05, 0) is 119 Å². The van der Waals surface area contributed by atoms with Crippen LogP contribution in [0, 0.1) is 40.4 Å². The van der Waals surface area contributed by atoms with E-state index in [0.29, 0.717) is 25.2 Å². The van der Waals surface area contributed by atoms with Crippen molar-refractivity contribution in [3.8, 4) is 0 Å². The Balaban J connectivity index is 0.911. The normalized spacial score (nSPS) is 53.7. The van der Waals surface area contributed by atoms with E-state index >= 15 is 0 Å². The van der Waals surface area contributed by atoms with E-state index in [2.05, 4.69) is 33.8 Å². The second kappa shape index (κ2) is 25.3. The molecular formula is C56H92O28S. The number of allylic oxidation sites excluding steroid dienone is 2. The molecule has 490 valence electrons. The number of fused-ring (bicyclic) bond motifs is 5. The molecule has 6 saturated heterocycles. The minimum absolute atomic E-state index is 0.0379. The molecule has 0 radical (unpaired) electrons. The molecule has 29 heteroatoms. The fraction of sp³-hybridized carbons (Fsp3) is 0.964. The average molecular weight is 1250 g/mol. The Labute approximate surface area is 494 Å². The summed E-state index contributed by atoms with van der Waals surface area (Å²) in [6.07, 6.45) is -36.2. The highest BCUT2D eigenvalue weighted by Crippen LogP contribution is 2.68. The maximum absolute atomic E-state index is 12.4. The van der Waals surface area contributed by atoms with Crippen LogP contribution < -0.4 is 0 Å². The van der Waals surface area contributed by atoms with Crippen LogP contribution in [0.1, 0.15) is 107 Å². The number of hydrogen-bond acceptors (Lipinski definition) is 27. The van der Waals surface area contributed by atoms with Crippen LogP contribution in [0.25, 0.3) is 0 Å². The zero-order valence-corrected chi connectivity index (χ0v) is 49.9. The van der Waals surface area contributed by atoms with E-state index in [4.69, 9.17) is 56.3 Å². The second-order valence-electron chi connectivity index (χ2n) is 26.9. The van der Waals surface area contributed by atoms with E-state index in [1.807, 2.05) is 6.92 Å². The van der Waals surface area contributed by atoms with Crippen LogP contribution in [0.5, 0.6) is 0 Å². The van der Waals surface area contributed by atoms with Gasteiger partial charge in [-0.25, -0.2) is 4.18 Å². The molecule has 0 spiro atoms. The Bertz CT molecular complexity index is 2430. The molecule has 10 rings (SSSR count). The highest BCUT2D eigenvalue weighted by molar-refractivity contribution is 7.80. The quantitative estimate of drug-likeness (QED) is 0.0395. The molecule has 14 N–H and O–H groups in total. The van der Waals surface area contributed by atoms with Crippen molar-refractivity contribution in [3.05, 3.63) is 11.6 Å². The van der Waals surface area contributed by atoms with Gasteiger partial charge in [0.25, 0.3) is 0 Å². The van der Waals surface area contributed by atoms with Gasteiger partial charge in [0.15, 0.2) is 31.5 Å². The fourth-order valence-electron chi connectivity index (χ4n) is 16.2. The zero-order valence-electron chi connectivity index (χ0n) is 49.1. The number of rotatable bonds is 17. The van der Waals surface area contributed by atoms with Crippen LogP contribution in [0.4, 0.5) is 0 Å². The van der Waals surface area contributed by atoms with E-state index in [9.17, 15) is 79.4 Å². The first-order valence-corrected chi connectivity index (χ1v) is 31.5. The van der Waals surface area contributed by atoms with E-state index < -0.39 is 200 Å². The monoisotopic (exact) mass is 1240 g/mol. The lowest BCUT2D eigenvalue weighted by molar-refractivity contribution is -0.398. The van der Waals surface area contributed by atoms with Gasteiger partial charge in [-0.2, -0.15) is 8.42 Å². The highest BCUT2D eigenvalue weighted by Gasteiger charge is 2.67. The molecule has 10 aliphatic rings. The second-order valence-corrected chi connectivity index (χ2v) is 28.0. The van der Waals surface area contributed by atoms with Crippen molar-refractivity contribution in [1.29, 1.82) is 0 Å². The molecule has 6 aliphatic heterocycles. The standard InChI is InChI=1S/C56H92O28S/c1-20(2)15-30-48(77-30)56(8,69)33-10-9-26-25-17-29(28-16-24(84-85(70,71)72)11-13-54(28,6)27(25)12-14-55(26,33)7)78-51-44(68)45(36(60)23(5)76-51)81-52-46(82-49-42(66)39(63)34(58)21(3)74-49)38(62)32(19-73-52)80-53-47(41(65)37(61)31(18-57)79-53)83-50-43(67)40(64)35(59)22(4)75-50/h12,20-26,28-53,57-69H,9-11,13-19H2,1-8H3,(H,70,71,72)/t21?,22?,23?,24-,25?,26?,28?,29-,30-,31?,32?,33-,34?,35?,36?,37?,38?,39?,40?,41?,42?,43?,44?,45?,46?,47?,48?,49?,50?,51?,52?,53?,54+,55-,56+/m0/s1. The van der Waals surface area contributed by atoms with Crippen molar-refractivity contribution in [1.82, 2.24) is 0 Å². The third-order valence-corrected chi connectivity index (χ3v) is 21.4. The summed E-state index contributed by atoms with van der Waals surface area (Å²) >= 11 is 0. The minimum atomic E-state index is -4.87. The largest absolute Gasteiger partial charge is 0.397 e. The van der Waals surface area contributed by atoms with Crippen LogP contribution in [-0.2, 0) is 66.7 Å². The molecule has 28 nitrogen and oxygen atoms in total. The molecule has 28 unspecified atom stereocenters. The van der Waals surface area contributed by atoms with E-state index in [-0.39, 0.29) is 48.2 Å². The van der Waals surface area contributed by atoms with Gasteiger partial charge < -0.3 is 118 Å². The predicted octanol–water partition coefficient (Wildman–Crippen LogP) is -2.87. The summed E-state index contributed by atoms with van der Waals surface area (Å²) in [4.78, 5) is 0. The van der Waals surface area contributed by atoms with Gasteiger partial charge in [0.2, 0.25) is 0 Å². The third-order valence-electron chi connectivity index (χ3n) is 20.9. The van der Waals surface area contributed by atoms with Crippen LogP contribution in [0.15, 0.2) is 11.6 Å². The lowest BCUT2D eigenvalue weighted by Crippen LogP contribution is -2.67. The van der Waals surface area contributed by atoms with Crippen LogP contribution in [0.2, 0.25) is 0 Å². The first-order valence-electron chi connectivity index (χ1n) is 30.1. The summed E-state index contributed by atoms with van der Waals surface area (Å²) in [6, 6.07) is 0. The minimum Gasteiger partial charge on any atom is -0.394 e. The molecule has 0 bridgehead atoms. The third kappa shape index (κ3) is 12.7. The lowest BCUT2D eigenvalue weighted by atomic mass is 9.47. The smallest absolute Gasteiger partial charge is 0.394 e. The van der Waals surface area contributed by atoms with Gasteiger partial charge in [-0.3, -0.25) is 4.55 Å². The topological polar surface area (TPSA) is 431 Å². The number of hydrogen-bond donors (Lipinski definition) is 14.